The van der Waals surface area contributed by atoms with Crippen molar-refractivity contribution in [3.05, 3.63) is 18.1 Å². The fourth-order valence-electron chi connectivity index (χ4n) is 4.31. The molecule has 1 aromatic rings. The van der Waals surface area contributed by atoms with Crippen LogP contribution < -0.4 is 4.90 Å². The molecule has 0 N–H and O–H groups in total. The van der Waals surface area contributed by atoms with Crippen LogP contribution in [0.25, 0.3) is 0 Å². The highest BCUT2D eigenvalue weighted by molar-refractivity contribution is 5.77. The van der Waals surface area contributed by atoms with Crippen LogP contribution in [-0.4, -0.2) is 72.5 Å². The Hall–Kier alpha value is -1.69. The Morgan fingerprint density at radius 1 is 1.23 bits per heavy atom. The molecule has 1 amide bonds. The molecule has 1 spiro atoms. The van der Waals surface area contributed by atoms with E-state index < -0.39 is 0 Å². The number of likely N-dealkylation sites (N-methyl/N-ethyl adjacent to an activating group) is 1. The molecule has 0 saturated carbocycles. The van der Waals surface area contributed by atoms with Gasteiger partial charge >= 0.3 is 0 Å². The number of carbonyl (C=O) groups is 1. The number of aromatic nitrogens is 2. The average Bonchev–Trinajstić information content (AvgIpc) is 2.64. The van der Waals surface area contributed by atoms with Crippen LogP contribution in [0.15, 0.2) is 12.5 Å². The molecule has 26 heavy (non-hydrogen) atoms. The number of hydrogen-bond acceptors (Lipinski definition) is 5. The third-order valence-electron chi connectivity index (χ3n) is 5.97. The van der Waals surface area contributed by atoms with Gasteiger partial charge in [0.1, 0.15) is 12.1 Å². The molecule has 2 aliphatic rings. The molecule has 0 radical (unpaired) electrons. The van der Waals surface area contributed by atoms with Gasteiger partial charge in [-0.2, -0.15) is 0 Å². The van der Waals surface area contributed by atoms with E-state index in [-0.39, 0.29) is 0 Å². The van der Waals surface area contributed by atoms with Gasteiger partial charge in [-0.05, 0) is 45.2 Å². The van der Waals surface area contributed by atoms with E-state index in [0.717, 1.165) is 70.6 Å². The van der Waals surface area contributed by atoms with Crippen LogP contribution in [0.2, 0.25) is 0 Å². The molecule has 0 bridgehead atoms. The Morgan fingerprint density at radius 3 is 2.69 bits per heavy atom. The van der Waals surface area contributed by atoms with Crippen molar-refractivity contribution < 1.29 is 4.79 Å². The second-order valence-corrected chi connectivity index (χ2v) is 8.23. The maximum Gasteiger partial charge on any atom is 0.222 e. The van der Waals surface area contributed by atoms with Crippen LogP contribution in [0.5, 0.6) is 0 Å². The van der Waals surface area contributed by atoms with E-state index in [0.29, 0.717) is 17.7 Å². The number of likely N-dealkylation sites (tertiary alicyclic amines) is 1. The quantitative estimate of drug-likeness (QED) is 0.779. The van der Waals surface area contributed by atoms with Gasteiger partial charge in [0.25, 0.3) is 0 Å². The second-order valence-electron chi connectivity index (χ2n) is 8.23. The van der Waals surface area contributed by atoms with Crippen molar-refractivity contribution in [2.24, 2.45) is 5.41 Å². The van der Waals surface area contributed by atoms with Crippen LogP contribution >= 0.6 is 0 Å². The Balaban J connectivity index is 1.63. The van der Waals surface area contributed by atoms with E-state index in [2.05, 4.69) is 45.7 Å². The molecule has 0 unspecified atom stereocenters. The standard InChI is InChI=1S/C20H33N5O/c1-4-5-17-14-21-16-22-19(17)24-10-8-20(9-11-24)7-6-18(26)25(15-20)13-12-23(2)3/h14,16H,4-13,15H2,1-3H3. The molecule has 3 rings (SSSR count). The first-order valence-electron chi connectivity index (χ1n) is 9.99. The van der Waals surface area contributed by atoms with Crippen molar-refractivity contribution in [2.45, 2.75) is 45.4 Å². The van der Waals surface area contributed by atoms with Crippen LogP contribution in [0.4, 0.5) is 5.82 Å². The lowest BCUT2D eigenvalue weighted by molar-refractivity contribution is -0.138. The smallest absolute Gasteiger partial charge is 0.222 e. The van der Waals surface area contributed by atoms with E-state index in [1.54, 1.807) is 6.33 Å². The number of rotatable bonds is 6. The third-order valence-corrected chi connectivity index (χ3v) is 5.97. The van der Waals surface area contributed by atoms with Crippen molar-refractivity contribution in [1.82, 2.24) is 19.8 Å². The van der Waals surface area contributed by atoms with Gasteiger partial charge in [0.15, 0.2) is 0 Å². The molecule has 3 heterocycles. The summed E-state index contributed by atoms with van der Waals surface area (Å²) in [6.45, 7) is 6.98. The van der Waals surface area contributed by atoms with Gasteiger partial charge in [-0.1, -0.05) is 13.3 Å². The molecule has 0 atom stereocenters. The monoisotopic (exact) mass is 359 g/mol. The van der Waals surface area contributed by atoms with Crippen molar-refractivity contribution in [2.75, 3.05) is 51.7 Å². The minimum absolute atomic E-state index is 0.300. The summed E-state index contributed by atoms with van der Waals surface area (Å²) in [5.74, 6) is 1.45. The predicted molar refractivity (Wildman–Crippen MR) is 104 cm³/mol. The normalized spacial score (nSPS) is 20.2. The number of carbonyl (C=O) groups excluding carboxylic acids is 1. The Labute approximate surface area is 157 Å². The molecular weight excluding hydrogens is 326 g/mol. The SMILES string of the molecule is CCCc1cncnc1N1CCC2(CCC(=O)N(CCN(C)C)C2)CC1. The molecule has 0 aliphatic carbocycles. The number of piperidine rings is 2. The van der Waals surface area contributed by atoms with E-state index in [4.69, 9.17) is 0 Å². The molecule has 6 heteroatoms. The first-order chi connectivity index (χ1) is 12.5. The van der Waals surface area contributed by atoms with Crippen LogP contribution in [-0.2, 0) is 11.2 Å². The largest absolute Gasteiger partial charge is 0.356 e. The number of anilines is 1. The lowest BCUT2D eigenvalue weighted by atomic mass is 9.72. The van der Waals surface area contributed by atoms with Crippen molar-refractivity contribution in [1.29, 1.82) is 0 Å². The number of aryl methyl sites for hydroxylation is 1. The summed E-state index contributed by atoms with van der Waals surface area (Å²) >= 11 is 0. The van der Waals surface area contributed by atoms with Gasteiger partial charge in [-0.15, -0.1) is 0 Å². The summed E-state index contributed by atoms with van der Waals surface area (Å²) in [5.41, 5.74) is 1.56. The fourth-order valence-corrected chi connectivity index (χ4v) is 4.31. The zero-order valence-corrected chi connectivity index (χ0v) is 16.6. The van der Waals surface area contributed by atoms with Gasteiger partial charge in [0.2, 0.25) is 5.91 Å². The summed E-state index contributed by atoms with van der Waals surface area (Å²) in [6, 6.07) is 0. The van der Waals surface area contributed by atoms with Crippen LogP contribution in [0.3, 0.4) is 0 Å². The topological polar surface area (TPSA) is 52.6 Å². The maximum absolute atomic E-state index is 12.3. The lowest BCUT2D eigenvalue weighted by Crippen LogP contribution is -2.52. The van der Waals surface area contributed by atoms with E-state index in [1.807, 2.05) is 6.20 Å². The zero-order valence-electron chi connectivity index (χ0n) is 16.6. The van der Waals surface area contributed by atoms with Crippen molar-refractivity contribution in [3.8, 4) is 0 Å². The van der Waals surface area contributed by atoms with Crippen molar-refractivity contribution in [3.63, 3.8) is 0 Å². The van der Waals surface area contributed by atoms with E-state index >= 15 is 0 Å². The number of amides is 1. The number of hydrogen-bond donors (Lipinski definition) is 0. The molecule has 144 valence electrons. The summed E-state index contributed by atoms with van der Waals surface area (Å²) < 4.78 is 0. The molecule has 2 aliphatic heterocycles. The molecule has 2 fully saturated rings. The lowest BCUT2D eigenvalue weighted by Gasteiger charge is -2.48. The molecular formula is C20H33N5O. The van der Waals surface area contributed by atoms with E-state index in [1.165, 1.54) is 5.56 Å². The summed E-state index contributed by atoms with van der Waals surface area (Å²) in [4.78, 5) is 27.8. The third kappa shape index (κ3) is 4.34. The second kappa shape index (κ2) is 8.33. The Morgan fingerprint density at radius 2 is 2.00 bits per heavy atom. The van der Waals surface area contributed by atoms with Gasteiger partial charge in [0.05, 0.1) is 0 Å². The van der Waals surface area contributed by atoms with E-state index in [9.17, 15) is 4.79 Å². The van der Waals surface area contributed by atoms with Crippen molar-refractivity contribution >= 4 is 11.7 Å². The van der Waals surface area contributed by atoms with Gasteiger partial charge < -0.3 is 14.7 Å². The number of nitrogens with zero attached hydrogens (tertiary/aromatic N) is 5. The highest BCUT2D eigenvalue weighted by Gasteiger charge is 2.41. The zero-order chi connectivity index (χ0) is 18.6. The minimum Gasteiger partial charge on any atom is -0.356 e. The summed E-state index contributed by atoms with van der Waals surface area (Å²) in [7, 11) is 4.14. The molecule has 1 aromatic heterocycles. The average molecular weight is 360 g/mol. The van der Waals surface area contributed by atoms with Crippen LogP contribution in [0.1, 0.15) is 44.6 Å². The van der Waals surface area contributed by atoms with Gasteiger partial charge in [0, 0.05) is 50.9 Å². The molecule has 0 aromatic carbocycles. The summed E-state index contributed by atoms with van der Waals surface area (Å²) in [6.07, 6.45) is 9.83. The summed E-state index contributed by atoms with van der Waals surface area (Å²) in [5, 5.41) is 0. The first-order valence-corrected chi connectivity index (χ1v) is 9.99. The highest BCUT2D eigenvalue weighted by atomic mass is 16.2. The first kappa shape index (κ1) is 19.1. The predicted octanol–water partition coefficient (Wildman–Crippen LogP) is 2.20. The molecule has 2 saturated heterocycles. The van der Waals surface area contributed by atoms with Gasteiger partial charge in [-0.3, -0.25) is 4.79 Å². The maximum atomic E-state index is 12.3. The van der Waals surface area contributed by atoms with Crippen LogP contribution in [0, 0.1) is 5.41 Å². The highest BCUT2D eigenvalue weighted by Crippen LogP contribution is 2.41. The minimum atomic E-state index is 0.300. The van der Waals surface area contributed by atoms with Gasteiger partial charge in [-0.25, -0.2) is 9.97 Å². The Kier molecular flexibility index (Phi) is 6.12. The molecule has 6 nitrogen and oxygen atoms in total. The fraction of sp³-hybridized carbons (Fsp3) is 0.750. The Bertz CT molecular complexity index is 610.